The third kappa shape index (κ3) is 4.29. The summed E-state index contributed by atoms with van der Waals surface area (Å²) in [6, 6.07) is 2.64. The lowest BCUT2D eigenvalue weighted by atomic mass is 9.73. The van der Waals surface area contributed by atoms with Crippen molar-refractivity contribution in [2.24, 2.45) is 17.8 Å². The van der Waals surface area contributed by atoms with E-state index < -0.39 is 0 Å². The van der Waals surface area contributed by atoms with Crippen molar-refractivity contribution in [3.63, 3.8) is 0 Å². The summed E-state index contributed by atoms with van der Waals surface area (Å²) in [4.78, 5) is 4.37. The van der Waals surface area contributed by atoms with Crippen LogP contribution in [0.15, 0.2) is 18.5 Å². The molecule has 1 unspecified atom stereocenters. The van der Waals surface area contributed by atoms with Crippen LogP contribution in [0.25, 0.3) is 0 Å². The summed E-state index contributed by atoms with van der Waals surface area (Å²) in [6.45, 7) is 10.3. The van der Waals surface area contributed by atoms with Gasteiger partial charge in [-0.05, 0) is 80.5 Å². The number of rotatable bonds is 6. The Kier molecular flexibility index (Phi) is 6.22. The lowest BCUT2D eigenvalue weighted by Gasteiger charge is -2.36. The topological polar surface area (TPSA) is 24.9 Å². The van der Waals surface area contributed by atoms with Crippen LogP contribution in [0.4, 0.5) is 0 Å². The van der Waals surface area contributed by atoms with Gasteiger partial charge in [0, 0.05) is 18.4 Å². The first kappa shape index (κ1) is 16.5. The van der Waals surface area contributed by atoms with E-state index >= 15 is 0 Å². The van der Waals surface area contributed by atoms with E-state index in [1.54, 1.807) is 0 Å². The quantitative estimate of drug-likeness (QED) is 0.806. The standard InChI is InChI=1S/C19H32N2/c1-5-11-21-19(18-13-20-12-10-15(18)4)17-8-6-16(7-9-17)14(2)3/h10,12-14,16-17,19,21H,5-9,11H2,1-4H3. The third-order valence-electron chi connectivity index (χ3n) is 5.26. The Morgan fingerprint density at radius 3 is 2.43 bits per heavy atom. The predicted octanol–water partition coefficient (Wildman–Crippen LogP) is 4.89. The zero-order valence-corrected chi connectivity index (χ0v) is 14.2. The van der Waals surface area contributed by atoms with Crippen molar-refractivity contribution in [3.05, 3.63) is 29.6 Å². The summed E-state index contributed by atoms with van der Waals surface area (Å²) in [5.41, 5.74) is 2.79. The molecule has 0 radical (unpaired) electrons. The Balaban J connectivity index is 2.09. The minimum absolute atomic E-state index is 0.492. The van der Waals surface area contributed by atoms with Crippen molar-refractivity contribution >= 4 is 0 Å². The maximum atomic E-state index is 4.37. The van der Waals surface area contributed by atoms with Crippen LogP contribution in [-0.2, 0) is 0 Å². The molecule has 21 heavy (non-hydrogen) atoms. The molecular weight excluding hydrogens is 256 g/mol. The molecule has 1 aromatic rings. The Bertz CT molecular complexity index is 419. The minimum atomic E-state index is 0.492. The highest BCUT2D eigenvalue weighted by molar-refractivity contribution is 5.26. The summed E-state index contributed by atoms with van der Waals surface area (Å²) < 4.78 is 0. The van der Waals surface area contributed by atoms with E-state index in [1.165, 1.54) is 43.2 Å². The molecule has 0 spiro atoms. The van der Waals surface area contributed by atoms with Gasteiger partial charge in [0.2, 0.25) is 0 Å². The first-order valence-corrected chi connectivity index (χ1v) is 8.77. The van der Waals surface area contributed by atoms with Crippen LogP contribution in [0.5, 0.6) is 0 Å². The third-order valence-corrected chi connectivity index (χ3v) is 5.26. The van der Waals surface area contributed by atoms with Gasteiger partial charge in [-0.1, -0.05) is 20.8 Å². The number of hydrogen-bond acceptors (Lipinski definition) is 2. The zero-order valence-electron chi connectivity index (χ0n) is 14.2. The minimum Gasteiger partial charge on any atom is -0.310 e. The normalized spacial score (nSPS) is 24.2. The second-order valence-corrected chi connectivity index (χ2v) is 7.08. The van der Waals surface area contributed by atoms with Gasteiger partial charge in [0.1, 0.15) is 0 Å². The molecule has 1 aromatic heterocycles. The smallest absolute Gasteiger partial charge is 0.0366 e. The molecule has 1 atom stereocenters. The predicted molar refractivity (Wildman–Crippen MR) is 90.3 cm³/mol. The average Bonchev–Trinajstić information content (AvgIpc) is 2.50. The number of nitrogens with zero attached hydrogens (tertiary/aromatic N) is 1. The van der Waals surface area contributed by atoms with Crippen LogP contribution in [0.2, 0.25) is 0 Å². The molecule has 2 rings (SSSR count). The summed E-state index contributed by atoms with van der Waals surface area (Å²) in [7, 11) is 0. The van der Waals surface area contributed by atoms with E-state index in [0.29, 0.717) is 6.04 Å². The van der Waals surface area contributed by atoms with E-state index in [1.807, 2.05) is 6.20 Å². The van der Waals surface area contributed by atoms with Gasteiger partial charge in [-0.25, -0.2) is 0 Å². The highest BCUT2D eigenvalue weighted by Crippen LogP contribution is 2.39. The Hall–Kier alpha value is -0.890. The van der Waals surface area contributed by atoms with Crippen molar-refractivity contribution in [1.82, 2.24) is 10.3 Å². The van der Waals surface area contributed by atoms with Gasteiger partial charge >= 0.3 is 0 Å². The van der Waals surface area contributed by atoms with E-state index in [0.717, 1.165) is 24.3 Å². The highest BCUT2D eigenvalue weighted by atomic mass is 14.9. The molecule has 0 amide bonds. The molecule has 2 nitrogen and oxygen atoms in total. The molecule has 0 aromatic carbocycles. The molecule has 0 aliphatic heterocycles. The van der Waals surface area contributed by atoms with Crippen molar-refractivity contribution in [1.29, 1.82) is 0 Å². The summed E-state index contributed by atoms with van der Waals surface area (Å²) in [5, 5.41) is 3.80. The van der Waals surface area contributed by atoms with E-state index in [4.69, 9.17) is 0 Å². The van der Waals surface area contributed by atoms with Crippen LogP contribution >= 0.6 is 0 Å². The number of aryl methyl sites for hydroxylation is 1. The summed E-state index contributed by atoms with van der Waals surface area (Å²) in [5.74, 6) is 2.55. The number of pyridine rings is 1. The zero-order chi connectivity index (χ0) is 15.2. The van der Waals surface area contributed by atoms with E-state index in [2.05, 4.69) is 50.3 Å². The Labute approximate surface area is 130 Å². The lowest BCUT2D eigenvalue weighted by Crippen LogP contribution is -2.33. The molecule has 1 N–H and O–H groups in total. The van der Waals surface area contributed by atoms with Crippen molar-refractivity contribution in [2.45, 2.75) is 65.8 Å². The average molecular weight is 288 g/mol. The Morgan fingerprint density at radius 1 is 1.19 bits per heavy atom. The van der Waals surface area contributed by atoms with Crippen LogP contribution in [0.3, 0.4) is 0 Å². The lowest BCUT2D eigenvalue weighted by molar-refractivity contribution is 0.188. The summed E-state index contributed by atoms with van der Waals surface area (Å²) in [6.07, 6.45) is 10.7. The first-order valence-electron chi connectivity index (χ1n) is 8.77. The van der Waals surface area contributed by atoms with Gasteiger partial charge in [-0.15, -0.1) is 0 Å². The van der Waals surface area contributed by atoms with Gasteiger partial charge in [-0.3, -0.25) is 4.98 Å². The maximum Gasteiger partial charge on any atom is 0.0366 e. The number of hydrogen-bond donors (Lipinski definition) is 1. The van der Waals surface area contributed by atoms with E-state index in [9.17, 15) is 0 Å². The van der Waals surface area contributed by atoms with Crippen LogP contribution in [0.1, 0.15) is 70.0 Å². The first-order chi connectivity index (χ1) is 10.1. The fraction of sp³-hybridized carbons (Fsp3) is 0.737. The fourth-order valence-electron chi connectivity index (χ4n) is 3.78. The van der Waals surface area contributed by atoms with Crippen molar-refractivity contribution in [2.75, 3.05) is 6.54 Å². The van der Waals surface area contributed by atoms with E-state index in [-0.39, 0.29) is 0 Å². The Morgan fingerprint density at radius 2 is 1.86 bits per heavy atom. The fourth-order valence-corrected chi connectivity index (χ4v) is 3.78. The van der Waals surface area contributed by atoms with Gasteiger partial charge in [0.05, 0.1) is 0 Å². The highest BCUT2D eigenvalue weighted by Gasteiger charge is 2.30. The maximum absolute atomic E-state index is 4.37. The molecule has 1 aliphatic carbocycles. The van der Waals surface area contributed by atoms with Crippen molar-refractivity contribution in [3.8, 4) is 0 Å². The SMILES string of the molecule is CCCNC(c1cnccc1C)C1CCC(C(C)C)CC1. The van der Waals surface area contributed by atoms with Gasteiger partial charge in [-0.2, -0.15) is 0 Å². The summed E-state index contributed by atoms with van der Waals surface area (Å²) >= 11 is 0. The molecule has 1 saturated carbocycles. The van der Waals surface area contributed by atoms with Crippen LogP contribution in [-0.4, -0.2) is 11.5 Å². The van der Waals surface area contributed by atoms with Crippen LogP contribution < -0.4 is 5.32 Å². The van der Waals surface area contributed by atoms with Crippen LogP contribution in [0, 0.1) is 24.7 Å². The van der Waals surface area contributed by atoms with Crippen molar-refractivity contribution < 1.29 is 0 Å². The monoisotopic (exact) mass is 288 g/mol. The number of nitrogens with one attached hydrogen (secondary N) is 1. The second kappa shape index (κ2) is 7.93. The van der Waals surface area contributed by atoms with Gasteiger partial charge in [0.25, 0.3) is 0 Å². The molecule has 1 heterocycles. The molecule has 0 saturated heterocycles. The van der Waals surface area contributed by atoms with Gasteiger partial charge < -0.3 is 5.32 Å². The molecule has 2 heteroatoms. The largest absolute Gasteiger partial charge is 0.310 e. The molecule has 0 bridgehead atoms. The van der Waals surface area contributed by atoms with Gasteiger partial charge in [0.15, 0.2) is 0 Å². The molecule has 1 aliphatic rings. The molecular formula is C19H32N2. The molecule has 118 valence electrons. The second-order valence-electron chi connectivity index (χ2n) is 7.08. The number of aromatic nitrogens is 1. The molecule has 1 fully saturated rings.